The highest BCUT2D eigenvalue weighted by Gasteiger charge is 2.22. The van der Waals surface area contributed by atoms with Crippen molar-refractivity contribution >= 4 is 5.69 Å². The van der Waals surface area contributed by atoms with E-state index in [4.69, 9.17) is 10.5 Å². The van der Waals surface area contributed by atoms with Gasteiger partial charge in [0.1, 0.15) is 5.75 Å². The van der Waals surface area contributed by atoms with Crippen LogP contribution in [0.25, 0.3) is 0 Å². The van der Waals surface area contributed by atoms with E-state index in [2.05, 4.69) is 13.0 Å². The zero-order chi connectivity index (χ0) is 10.8. The van der Waals surface area contributed by atoms with Gasteiger partial charge in [-0.25, -0.2) is 0 Å². The summed E-state index contributed by atoms with van der Waals surface area (Å²) in [7, 11) is 0. The molecule has 82 valence electrons. The maximum Gasteiger partial charge on any atom is 0.122 e. The van der Waals surface area contributed by atoms with Crippen LogP contribution in [0.5, 0.6) is 5.75 Å². The van der Waals surface area contributed by atoms with Gasteiger partial charge in [0, 0.05) is 5.69 Å². The minimum absolute atomic E-state index is 0.799. The van der Waals surface area contributed by atoms with E-state index < -0.39 is 0 Å². The molecule has 0 aromatic heterocycles. The van der Waals surface area contributed by atoms with E-state index in [-0.39, 0.29) is 0 Å². The highest BCUT2D eigenvalue weighted by molar-refractivity contribution is 5.54. The molecule has 0 bridgehead atoms. The van der Waals surface area contributed by atoms with Gasteiger partial charge in [-0.15, -0.1) is 0 Å². The van der Waals surface area contributed by atoms with Crippen molar-refractivity contribution in [2.75, 3.05) is 12.3 Å². The largest absolute Gasteiger partial charge is 0.493 e. The lowest BCUT2D eigenvalue weighted by molar-refractivity contribution is 0.297. The minimum atomic E-state index is 0.799. The Kier molecular flexibility index (Phi) is 2.85. The molecule has 2 rings (SSSR count). The molecule has 0 spiro atoms. The minimum Gasteiger partial charge on any atom is -0.493 e. The number of hydrogen-bond donors (Lipinski definition) is 1. The summed E-state index contributed by atoms with van der Waals surface area (Å²) in [5, 5.41) is 0. The lowest BCUT2D eigenvalue weighted by Gasteiger charge is -2.12. The van der Waals surface area contributed by atoms with Crippen molar-refractivity contribution in [1.82, 2.24) is 0 Å². The molecule has 1 aliphatic carbocycles. The van der Waals surface area contributed by atoms with Crippen LogP contribution in [0.2, 0.25) is 0 Å². The second-order valence-corrected chi connectivity index (χ2v) is 4.42. The second kappa shape index (κ2) is 4.13. The third kappa shape index (κ3) is 2.44. The molecule has 1 saturated carbocycles. The van der Waals surface area contributed by atoms with E-state index in [1.54, 1.807) is 0 Å². The Balaban J connectivity index is 2.15. The summed E-state index contributed by atoms with van der Waals surface area (Å²) in [6.45, 7) is 5.03. The van der Waals surface area contributed by atoms with Crippen LogP contribution < -0.4 is 10.5 Å². The van der Waals surface area contributed by atoms with Crippen molar-refractivity contribution in [3.8, 4) is 5.75 Å². The maximum atomic E-state index is 5.88. The van der Waals surface area contributed by atoms with E-state index >= 15 is 0 Å². The van der Waals surface area contributed by atoms with Crippen LogP contribution in [-0.2, 0) is 6.42 Å². The smallest absolute Gasteiger partial charge is 0.122 e. The normalized spacial score (nSPS) is 15.3. The molecule has 2 heteroatoms. The molecule has 0 unspecified atom stereocenters. The van der Waals surface area contributed by atoms with Crippen LogP contribution in [0, 0.1) is 12.8 Å². The van der Waals surface area contributed by atoms with E-state index in [0.717, 1.165) is 35.9 Å². The lowest BCUT2D eigenvalue weighted by Crippen LogP contribution is -2.03. The van der Waals surface area contributed by atoms with Crippen molar-refractivity contribution in [2.45, 2.75) is 33.1 Å². The summed E-state index contributed by atoms with van der Waals surface area (Å²) in [4.78, 5) is 0. The Morgan fingerprint density at radius 1 is 1.40 bits per heavy atom. The Labute approximate surface area is 91.4 Å². The van der Waals surface area contributed by atoms with Crippen LogP contribution in [0.4, 0.5) is 5.69 Å². The third-order valence-corrected chi connectivity index (χ3v) is 3.00. The van der Waals surface area contributed by atoms with E-state index in [0.29, 0.717) is 0 Å². The van der Waals surface area contributed by atoms with Gasteiger partial charge in [0.2, 0.25) is 0 Å². The summed E-state index contributed by atoms with van der Waals surface area (Å²) < 4.78 is 5.83. The molecular formula is C13H19NO. The molecule has 0 heterocycles. The van der Waals surface area contributed by atoms with Crippen molar-refractivity contribution in [2.24, 2.45) is 5.92 Å². The first-order valence-corrected chi connectivity index (χ1v) is 5.72. The molecule has 0 amide bonds. The summed E-state index contributed by atoms with van der Waals surface area (Å²) in [5.41, 5.74) is 9.07. The summed E-state index contributed by atoms with van der Waals surface area (Å²) in [5.74, 6) is 1.82. The molecule has 0 atom stereocenters. The van der Waals surface area contributed by atoms with Crippen LogP contribution in [0.1, 0.15) is 30.9 Å². The Hall–Kier alpha value is -1.18. The Bertz CT molecular complexity index is 356. The van der Waals surface area contributed by atoms with Crippen molar-refractivity contribution < 1.29 is 4.74 Å². The highest BCUT2D eigenvalue weighted by Crippen LogP contribution is 2.31. The number of nitrogens with two attached hydrogens (primary N) is 1. The number of ether oxygens (including phenoxy) is 1. The van der Waals surface area contributed by atoms with Gasteiger partial charge in [-0.2, -0.15) is 0 Å². The first-order chi connectivity index (χ1) is 7.20. The predicted octanol–water partition coefficient (Wildman–Crippen LogP) is 2.93. The lowest BCUT2D eigenvalue weighted by atomic mass is 10.1. The SMILES string of the molecule is CCc1cc(N)c(C)cc1OCC1CC1. The van der Waals surface area contributed by atoms with Crippen molar-refractivity contribution in [3.05, 3.63) is 23.3 Å². The number of aryl methyl sites for hydroxylation is 2. The molecule has 1 aromatic rings. The molecule has 0 aliphatic heterocycles. The average Bonchev–Trinajstić information content (AvgIpc) is 3.03. The third-order valence-electron chi connectivity index (χ3n) is 3.00. The fourth-order valence-electron chi connectivity index (χ4n) is 1.65. The summed E-state index contributed by atoms with van der Waals surface area (Å²) >= 11 is 0. The van der Waals surface area contributed by atoms with Crippen molar-refractivity contribution in [3.63, 3.8) is 0 Å². The van der Waals surface area contributed by atoms with Gasteiger partial charge in [-0.05, 0) is 55.4 Å². The average molecular weight is 205 g/mol. The fourth-order valence-corrected chi connectivity index (χ4v) is 1.65. The van der Waals surface area contributed by atoms with Gasteiger partial charge >= 0.3 is 0 Å². The van der Waals surface area contributed by atoms with Crippen LogP contribution >= 0.6 is 0 Å². The van der Waals surface area contributed by atoms with Crippen LogP contribution in [-0.4, -0.2) is 6.61 Å². The van der Waals surface area contributed by atoms with Gasteiger partial charge in [-0.1, -0.05) is 6.92 Å². The zero-order valence-corrected chi connectivity index (χ0v) is 9.55. The van der Waals surface area contributed by atoms with E-state index in [1.807, 2.05) is 13.0 Å². The summed E-state index contributed by atoms with van der Waals surface area (Å²) in [6.07, 6.45) is 3.63. The summed E-state index contributed by atoms with van der Waals surface area (Å²) in [6, 6.07) is 4.11. The zero-order valence-electron chi connectivity index (χ0n) is 9.55. The van der Waals surface area contributed by atoms with Crippen molar-refractivity contribution in [1.29, 1.82) is 0 Å². The topological polar surface area (TPSA) is 35.2 Å². The molecule has 2 N–H and O–H groups in total. The molecule has 0 radical (unpaired) electrons. The highest BCUT2D eigenvalue weighted by atomic mass is 16.5. The number of hydrogen-bond acceptors (Lipinski definition) is 2. The monoisotopic (exact) mass is 205 g/mol. The maximum absolute atomic E-state index is 5.88. The molecule has 1 aromatic carbocycles. The molecule has 1 fully saturated rings. The quantitative estimate of drug-likeness (QED) is 0.767. The van der Waals surface area contributed by atoms with Gasteiger partial charge in [-0.3, -0.25) is 0 Å². The molecule has 15 heavy (non-hydrogen) atoms. The standard InChI is InChI=1S/C13H19NO/c1-3-11-7-12(14)9(2)6-13(11)15-8-10-4-5-10/h6-7,10H,3-5,8,14H2,1-2H3. The first kappa shape index (κ1) is 10.3. The number of nitrogen functional groups attached to an aromatic ring is 1. The fraction of sp³-hybridized carbons (Fsp3) is 0.538. The molecular weight excluding hydrogens is 186 g/mol. The second-order valence-electron chi connectivity index (χ2n) is 4.42. The van der Waals surface area contributed by atoms with Crippen LogP contribution in [0.15, 0.2) is 12.1 Å². The first-order valence-electron chi connectivity index (χ1n) is 5.72. The van der Waals surface area contributed by atoms with Crippen LogP contribution in [0.3, 0.4) is 0 Å². The van der Waals surface area contributed by atoms with Gasteiger partial charge < -0.3 is 10.5 Å². The molecule has 1 aliphatic rings. The molecule has 2 nitrogen and oxygen atoms in total. The Morgan fingerprint density at radius 3 is 2.73 bits per heavy atom. The number of anilines is 1. The molecule has 0 saturated heterocycles. The van der Waals surface area contributed by atoms with E-state index in [9.17, 15) is 0 Å². The van der Waals surface area contributed by atoms with Gasteiger partial charge in [0.15, 0.2) is 0 Å². The predicted molar refractivity (Wildman–Crippen MR) is 63.2 cm³/mol. The Morgan fingerprint density at radius 2 is 2.13 bits per heavy atom. The van der Waals surface area contributed by atoms with Gasteiger partial charge in [0.05, 0.1) is 6.61 Å². The van der Waals surface area contributed by atoms with Gasteiger partial charge in [0.25, 0.3) is 0 Å². The number of benzene rings is 1. The number of rotatable bonds is 4. The van der Waals surface area contributed by atoms with E-state index in [1.165, 1.54) is 18.4 Å².